The lowest BCUT2D eigenvalue weighted by Gasteiger charge is -2.10. The number of nitrogens with zero attached hydrogens (tertiary/aromatic N) is 1. The molecule has 0 fully saturated rings. The van der Waals surface area contributed by atoms with Crippen LogP contribution in [-0.2, 0) is 17.6 Å². The van der Waals surface area contributed by atoms with E-state index in [-0.39, 0.29) is 18.4 Å². The maximum absolute atomic E-state index is 12.8. The molecular formula is C21H23Cl2N3O3S. The first-order chi connectivity index (χ1) is 14.3. The molecular weight excluding hydrogens is 445 g/mol. The van der Waals surface area contributed by atoms with Gasteiger partial charge in [-0.05, 0) is 63.3 Å². The molecule has 0 unspecified atom stereocenters. The number of carbonyl (C=O) groups excluding carboxylic acids is 2. The summed E-state index contributed by atoms with van der Waals surface area (Å²) in [5.74, 6) is -0.321. The van der Waals surface area contributed by atoms with Crippen molar-refractivity contribution < 1.29 is 14.3 Å². The molecule has 0 aliphatic heterocycles. The van der Waals surface area contributed by atoms with E-state index in [1.165, 1.54) is 11.3 Å². The SMILES string of the molecule is CC(C)=NNC(=O)c1c(NC(=O)COc2ccc(Cl)cc2Cl)sc2c1CCCCC2. The molecule has 2 aromatic rings. The van der Waals surface area contributed by atoms with Crippen molar-refractivity contribution in [1.82, 2.24) is 5.43 Å². The third kappa shape index (κ3) is 5.74. The first-order valence-corrected chi connectivity index (χ1v) is 11.3. The molecule has 1 aliphatic rings. The van der Waals surface area contributed by atoms with E-state index in [4.69, 9.17) is 27.9 Å². The second-order valence-electron chi connectivity index (χ2n) is 7.18. The number of aryl methyl sites for hydroxylation is 1. The van der Waals surface area contributed by atoms with Crippen molar-refractivity contribution in [2.45, 2.75) is 46.0 Å². The van der Waals surface area contributed by atoms with Crippen LogP contribution in [-0.4, -0.2) is 24.1 Å². The Morgan fingerprint density at radius 2 is 1.93 bits per heavy atom. The molecule has 0 radical (unpaired) electrons. The van der Waals surface area contributed by atoms with Gasteiger partial charge in [-0.1, -0.05) is 29.6 Å². The van der Waals surface area contributed by atoms with Crippen LogP contribution >= 0.6 is 34.5 Å². The second-order valence-corrected chi connectivity index (χ2v) is 9.13. The Kier molecular flexibility index (Phi) is 7.75. The van der Waals surface area contributed by atoms with Gasteiger partial charge in [0.2, 0.25) is 0 Å². The molecule has 160 valence electrons. The summed E-state index contributed by atoms with van der Waals surface area (Å²) in [6, 6.07) is 4.79. The van der Waals surface area contributed by atoms with Gasteiger partial charge in [0.15, 0.2) is 6.61 Å². The lowest BCUT2D eigenvalue weighted by molar-refractivity contribution is -0.118. The van der Waals surface area contributed by atoms with Crippen LogP contribution in [0.15, 0.2) is 23.3 Å². The van der Waals surface area contributed by atoms with Crippen molar-refractivity contribution >= 4 is 57.1 Å². The summed E-state index contributed by atoms with van der Waals surface area (Å²) in [5.41, 5.74) is 4.83. The van der Waals surface area contributed by atoms with Gasteiger partial charge in [0.25, 0.3) is 11.8 Å². The molecule has 0 spiro atoms. The molecule has 2 amide bonds. The predicted octanol–water partition coefficient (Wildman–Crippen LogP) is 5.47. The van der Waals surface area contributed by atoms with E-state index < -0.39 is 0 Å². The average molecular weight is 468 g/mol. The summed E-state index contributed by atoms with van der Waals surface area (Å²) in [6.07, 6.45) is 4.95. The molecule has 1 heterocycles. The fraction of sp³-hybridized carbons (Fsp3) is 0.381. The topological polar surface area (TPSA) is 79.8 Å². The van der Waals surface area contributed by atoms with Crippen molar-refractivity contribution in [1.29, 1.82) is 0 Å². The van der Waals surface area contributed by atoms with E-state index >= 15 is 0 Å². The zero-order chi connectivity index (χ0) is 21.7. The fourth-order valence-electron chi connectivity index (χ4n) is 3.19. The van der Waals surface area contributed by atoms with E-state index in [0.29, 0.717) is 26.4 Å². The average Bonchev–Trinajstić information content (AvgIpc) is 2.86. The van der Waals surface area contributed by atoms with Crippen LogP contribution < -0.4 is 15.5 Å². The molecule has 0 atom stereocenters. The van der Waals surface area contributed by atoms with Gasteiger partial charge < -0.3 is 10.1 Å². The molecule has 2 N–H and O–H groups in total. The minimum Gasteiger partial charge on any atom is -0.482 e. The lowest BCUT2D eigenvalue weighted by Crippen LogP contribution is -2.24. The maximum Gasteiger partial charge on any atom is 0.274 e. The number of thiophene rings is 1. The van der Waals surface area contributed by atoms with E-state index in [2.05, 4.69) is 15.8 Å². The van der Waals surface area contributed by atoms with Crippen molar-refractivity contribution in [2.75, 3.05) is 11.9 Å². The van der Waals surface area contributed by atoms with Gasteiger partial charge in [-0.3, -0.25) is 9.59 Å². The third-order valence-electron chi connectivity index (χ3n) is 4.54. The Bertz CT molecular complexity index is 984. The van der Waals surface area contributed by atoms with Gasteiger partial charge in [-0.2, -0.15) is 5.10 Å². The van der Waals surface area contributed by atoms with Gasteiger partial charge in [0, 0.05) is 15.6 Å². The highest BCUT2D eigenvalue weighted by Crippen LogP contribution is 2.37. The van der Waals surface area contributed by atoms with E-state index in [9.17, 15) is 9.59 Å². The first kappa shape index (κ1) is 22.6. The Morgan fingerprint density at radius 1 is 1.17 bits per heavy atom. The third-order valence-corrected chi connectivity index (χ3v) is 6.27. The van der Waals surface area contributed by atoms with Crippen LogP contribution in [0.2, 0.25) is 10.0 Å². The number of benzene rings is 1. The largest absolute Gasteiger partial charge is 0.482 e. The standard InChI is InChI=1S/C21H23Cl2N3O3S/c1-12(2)25-26-20(28)19-14-6-4-3-5-7-17(14)30-21(19)24-18(27)11-29-16-9-8-13(22)10-15(16)23/h8-10H,3-7,11H2,1-2H3,(H,24,27)(H,26,28). The summed E-state index contributed by atoms with van der Waals surface area (Å²) in [6.45, 7) is 3.36. The van der Waals surface area contributed by atoms with Crippen LogP contribution in [0.3, 0.4) is 0 Å². The Morgan fingerprint density at radius 3 is 2.67 bits per heavy atom. The molecule has 0 saturated carbocycles. The molecule has 3 rings (SSSR count). The van der Waals surface area contributed by atoms with Crippen molar-refractivity contribution in [3.8, 4) is 5.75 Å². The van der Waals surface area contributed by atoms with Crippen molar-refractivity contribution in [3.05, 3.63) is 44.2 Å². The summed E-state index contributed by atoms with van der Waals surface area (Å²) in [7, 11) is 0. The number of hydrogen-bond acceptors (Lipinski definition) is 5. The summed E-state index contributed by atoms with van der Waals surface area (Å²) < 4.78 is 5.51. The number of carbonyl (C=O) groups is 2. The second kappa shape index (κ2) is 10.3. The molecule has 9 heteroatoms. The highest BCUT2D eigenvalue weighted by molar-refractivity contribution is 7.17. The highest BCUT2D eigenvalue weighted by Gasteiger charge is 2.25. The smallest absolute Gasteiger partial charge is 0.274 e. The quantitative estimate of drug-likeness (QED) is 0.335. The number of hydrazone groups is 1. The van der Waals surface area contributed by atoms with Gasteiger partial charge >= 0.3 is 0 Å². The number of amides is 2. The molecule has 0 bridgehead atoms. The molecule has 1 aromatic heterocycles. The minimum absolute atomic E-state index is 0.239. The van der Waals surface area contributed by atoms with Crippen LogP contribution in [0.25, 0.3) is 0 Å². The Hall–Kier alpha value is -2.09. The van der Waals surface area contributed by atoms with Crippen LogP contribution in [0, 0.1) is 0 Å². The summed E-state index contributed by atoms with van der Waals surface area (Å²) in [5, 5.41) is 8.19. The normalized spacial score (nSPS) is 13.1. The number of halogens is 2. The van der Waals surface area contributed by atoms with E-state index in [0.717, 1.165) is 48.3 Å². The van der Waals surface area contributed by atoms with E-state index in [1.54, 1.807) is 32.0 Å². The number of nitrogens with one attached hydrogen (secondary N) is 2. The lowest BCUT2D eigenvalue weighted by atomic mass is 10.1. The number of hydrogen-bond donors (Lipinski definition) is 2. The molecule has 0 saturated heterocycles. The maximum atomic E-state index is 12.8. The van der Waals surface area contributed by atoms with Gasteiger partial charge in [0.1, 0.15) is 10.8 Å². The molecule has 1 aliphatic carbocycles. The summed E-state index contributed by atoms with van der Waals surface area (Å²) in [4.78, 5) is 26.5. The molecule has 30 heavy (non-hydrogen) atoms. The van der Waals surface area contributed by atoms with Crippen LogP contribution in [0.5, 0.6) is 5.75 Å². The zero-order valence-corrected chi connectivity index (χ0v) is 19.1. The van der Waals surface area contributed by atoms with Crippen molar-refractivity contribution in [3.63, 3.8) is 0 Å². The number of fused-ring (bicyclic) bond motifs is 1. The predicted molar refractivity (Wildman–Crippen MR) is 122 cm³/mol. The first-order valence-electron chi connectivity index (χ1n) is 9.68. The summed E-state index contributed by atoms with van der Waals surface area (Å²) >= 11 is 13.4. The molecule has 6 nitrogen and oxygen atoms in total. The minimum atomic E-state index is -0.373. The Balaban J connectivity index is 1.77. The number of anilines is 1. The fourth-order valence-corrected chi connectivity index (χ4v) is 4.95. The molecule has 1 aromatic carbocycles. The number of rotatable bonds is 6. The highest BCUT2D eigenvalue weighted by atomic mass is 35.5. The zero-order valence-electron chi connectivity index (χ0n) is 16.8. The Labute approximate surface area is 189 Å². The monoisotopic (exact) mass is 467 g/mol. The van der Waals surface area contributed by atoms with Crippen LogP contribution in [0.4, 0.5) is 5.00 Å². The number of ether oxygens (including phenoxy) is 1. The van der Waals surface area contributed by atoms with Gasteiger partial charge in [-0.25, -0.2) is 5.43 Å². The van der Waals surface area contributed by atoms with Gasteiger partial charge in [0.05, 0.1) is 10.6 Å². The van der Waals surface area contributed by atoms with Gasteiger partial charge in [-0.15, -0.1) is 11.3 Å². The van der Waals surface area contributed by atoms with Crippen LogP contribution in [0.1, 0.15) is 53.9 Å². The van der Waals surface area contributed by atoms with E-state index in [1.807, 2.05) is 0 Å². The van der Waals surface area contributed by atoms with Crippen molar-refractivity contribution in [2.24, 2.45) is 5.10 Å².